The molecule has 2 aliphatic rings. The van der Waals surface area contributed by atoms with Crippen LogP contribution in [-0.4, -0.2) is 33.3 Å². The molecular formula is C22H24ClN3O4S. The SMILES string of the molecule is Cc1cc(Cl)ccc1NC(=O)CCNS(=O)(=O)c1ccc2c(c1)CCN2C(=O)C1CC1. The number of nitrogens with one attached hydrogen (secondary N) is 2. The van der Waals surface area contributed by atoms with E-state index in [4.69, 9.17) is 11.6 Å². The first-order chi connectivity index (χ1) is 14.7. The molecule has 0 spiro atoms. The minimum Gasteiger partial charge on any atom is -0.326 e. The maximum Gasteiger partial charge on any atom is 0.240 e. The summed E-state index contributed by atoms with van der Waals surface area (Å²) in [5.74, 6) is -0.0374. The van der Waals surface area contributed by atoms with Gasteiger partial charge in [-0.2, -0.15) is 0 Å². The van der Waals surface area contributed by atoms with Gasteiger partial charge in [0.2, 0.25) is 21.8 Å². The first kappa shape index (κ1) is 21.8. The Morgan fingerprint density at radius 1 is 1.16 bits per heavy atom. The Morgan fingerprint density at radius 2 is 1.94 bits per heavy atom. The summed E-state index contributed by atoms with van der Waals surface area (Å²) in [4.78, 5) is 26.4. The maximum absolute atomic E-state index is 12.7. The number of nitrogens with zero attached hydrogens (tertiary/aromatic N) is 1. The molecule has 1 heterocycles. The van der Waals surface area contributed by atoms with E-state index in [1.165, 1.54) is 6.07 Å². The van der Waals surface area contributed by atoms with Crippen molar-refractivity contribution in [3.8, 4) is 0 Å². The lowest BCUT2D eigenvalue weighted by atomic mass is 10.2. The lowest BCUT2D eigenvalue weighted by Gasteiger charge is -2.17. The van der Waals surface area contributed by atoms with Gasteiger partial charge in [-0.15, -0.1) is 0 Å². The molecule has 0 radical (unpaired) electrons. The van der Waals surface area contributed by atoms with Crippen LogP contribution in [0.25, 0.3) is 0 Å². The first-order valence-corrected chi connectivity index (χ1v) is 12.1. The summed E-state index contributed by atoms with van der Waals surface area (Å²) >= 11 is 5.91. The van der Waals surface area contributed by atoms with Crippen molar-refractivity contribution < 1.29 is 18.0 Å². The number of amides is 2. The molecule has 2 aromatic carbocycles. The predicted molar refractivity (Wildman–Crippen MR) is 120 cm³/mol. The lowest BCUT2D eigenvalue weighted by Crippen LogP contribution is -2.30. The van der Waals surface area contributed by atoms with Gasteiger partial charge >= 0.3 is 0 Å². The van der Waals surface area contributed by atoms with Gasteiger partial charge in [0.1, 0.15) is 0 Å². The highest BCUT2D eigenvalue weighted by Crippen LogP contribution is 2.37. The number of hydrogen-bond acceptors (Lipinski definition) is 4. The molecule has 2 amide bonds. The molecule has 31 heavy (non-hydrogen) atoms. The van der Waals surface area contributed by atoms with Crippen molar-refractivity contribution in [2.75, 3.05) is 23.3 Å². The Hall–Kier alpha value is -2.42. The second-order valence-corrected chi connectivity index (χ2v) is 10.2. The molecule has 9 heteroatoms. The molecule has 164 valence electrons. The second-order valence-electron chi connectivity index (χ2n) is 7.96. The van der Waals surface area contributed by atoms with E-state index in [0.717, 1.165) is 29.7 Å². The van der Waals surface area contributed by atoms with Crippen molar-refractivity contribution in [3.63, 3.8) is 0 Å². The van der Waals surface area contributed by atoms with Crippen molar-refractivity contribution in [2.45, 2.75) is 37.5 Å². The van der Waals surface area contributed by atoms with Crippen LogP contribution in [-0.2, 0) is 26.0 Å². The first-order valence-electron chi connectivity index (χ1n) is 10.2. The molecular weight excluding hydrogens is 438 g/mol. The minimum absolute atomic E-state index is 0.00406. The highest BCUT2D eigenvalue weighted by Gasteiger charge is 2.36. The number of rotatable bonds is 7. The highest BCUT2D eigenvalue weighted by atomic mass is 35.5. The van der Waals surface area contributed by atoms with E-state index in [9.17, 15) is 18.0 Å². The van der Waals surface area contributed by atoms with Crippen LogP contribution >= 0.6 is 11.6 Å². The molecule has 0 atom stereocenters. The van der Waals surface area contributed by atoms with Gasteiger partial charge in [0, 0.05) is 41.8 Å². The Balaban J connectivity index is 1.35. The monoisotopic (exact) mass is 461 g/mol. The van der Waals surface area contributed by atoms with E-state index in [1.807, 2.05) is 6.92 Å². The molecule has 1 aliphatic carbocycles. The quantitative estimate of drug-likeness (QED) is 0.661. The van der Waals surface area contributed by atoms with Crippen LogP contribution < -0.4 is 14.9 Å². The third kappa shape index (κ3) is 4.92. The van der Waals surface area contributed by atoms with Gasteiger partial charge in [-0.25, -0.2) is 13.1 Å². The van der Waals surface area contributed by atoms with Crippen molar-refractivity contribution in [1.29, 1.82) is 0 Å². The van der Waals surface area contributed by atoms with Crippen LogP contribution in [0.2, 0.25) is 5.02 Å². The molecule has 2 aromatic rings. The van der Waals surface area contributed by atoms with Crippen molar-refractivity contribution >= 4 is 44.8 Å². The lowest BCUT2D eigenvalue weighted by molar-refractivity contribution is -0.119. The van der Waals surface area contributed by atoms with E-state index in [1.54, 1.807) is 35.2 Å². The predicted octanol–water partition coefficient (Wildman–Crippen LogP) is 3.25. The van der Waals surface area contributed by atoms with E-state index < -0.39 is 10.0 Å². The number of carbonyl (C=O) groups is 2. The summed E-state index contributed by atoms with van der Waals surface area (Å²) in [5, 5.41) is 3.34. The van der Waals surface area contributed by atoms with Crippen LogP contribution in [0, 0.1) is 12.8 Å². The number of anilines is 2. The molecule has 1 fully saturated rings. The molecule has 0 unspecified atom stereocenters. The van der Waals surface area contributed by atoms with Gasteiger partial charge in [-0.3, -0.25) is 9.59 Å². The number of hydrogen-bond donors (Lipinski definition) is 2. The summed E-state index contributed by atoms with van der Waals surface area (Å²) in [5.41, 5.74) is 3.12. The summed E-state index contributed by atoms with van der Waals surface area (Å²) in [6.07, 6.45) is 2.51. The van der Waals surface area contributed by atoms with Gasteiger partial charge in [0.25, 0.3) is 0 Å². The smallest absolute Gasteiger partial charge is 0.240 e. The number of carbonyl (C=O) groups excluding carboxylic acids is 2. The van der Waals surface area contributed by atoms with E-state index in [-0.39, 0.29) is 35.6 Å². The highest BCUT2D eigenvalue weighted by molar-refractivity contribution is 7.89. The van der Waals surface area contributed by atoms with Gasteiger partial charge in [-0.1, -0.05) is 11.6 Å². The van der Waals surface area contributed by atoms with Crippen LogP contribution in [0.5, 0.6) is 0 Å². The average Bonchev–Trinajstić information content (AvgIpc) is 3.48. The van der Waals surface area contributed by atoms with Crippen molar-refractivity contribution in [2.24, 2.45) is 5.92 Å². The fraction of sp³-hybridized carbons (Fsp3) is 0.364. The molecule has 7 nitrogen and oxygen atoms in total. The zero-order valence-electron chi connectivity index (χ0n) is 17.2. The van der Waals surface area contributed by atoms with Gasteiger partial charge in [0.05, 0.1) is 4.90 Å². The van der Waals surface area contributed by atoms with E-state index in [2.05, 4.69) is 10.0 Å². The largest absolute Gasteiger partial charge is 0.326 e. The van der Waals surface area contributed by atoms with Gasteiger partial charge < -0.3 is 10.2 Å². The number of benzene rings is 2. The van der Waals surface area contributed by atoms with E-state index in [0.29, 0.717) is 23.7 Å². The summed E-state index contributed by atoms with van der Waals surface area (Å²) in [6.45, 7) is 2.40. The number of aryl methyl sites for hydroxylation is 1. The van der Waals surface area contributed by atoms with Gasteiger partial charge in [0.15, 0.2) is 0 Å². The molecule has 1 saturated carbocycles. The maximum atomic E-state index is 12.7. The summed E-state index contributed by atoms with van der Waals surface area (Å²) < 4.78 is 27.8. The summed E-state index contributed by atoms with van der Waals surface area (Å²) in [7, 11) is -3.76. The average molecular weight is 462 g/mol. The topological polar surface area (TPSA) is 95.6 Å². The van der Waals surface area contributed by atoms with Crippen LogP contribution in [0.4, 0.5) is 11.4 Å². The number of halogens is 1. The summed E-state index contributed by atoms with van der Waals surface area (Å²) in [6, 6.07) is 9.97. The second kappa shape index (κ2) is 8.61. The molecule has 1 aliphatic heterocycles. The van der Waals surface area contributed by atoms with Gasteiger partial charge in [-0.05, 0) is 73.7 Å². The van der Waals surface area contributed by atoms with Crippen LogP contribution in [0.3, 0.4) is 0 Å². The minimum atomic E-state index is -3.76. The Morgan fingerprint density at radius 3 is 2.65 bits per heavy atom. The fourth-order valence-electron chi connectivity index (χ4n) is 3.69. The molecule has 0 aromatic heterocycles. The normalized spacial score (nSPS) is 15.6. The Bertz CT molecular complexity index is 1150. The zero-order valence-corrected chi connectivity index (χ0v) is 18.7. The standard InChI is InChI=1S/C22H24ClN3O4S/c1-14-12-17(23)4-6-19(14)25-21(27)8-10-24-31(29,30)18-5-7-20-16(13-18)9-11-26(20)22(28)15-2-3-15/h4-7,12-13,15,24H,2-3,8-11H2,1H3,(H,25,27). The third-order valence-corrected chi connectivity index (χ3v) is 7.25. The molecule has 4 rings (SSSR count). The molecule has 0 bridgehead atoms. The Labute approximate surface area is 186 Å². The van der Waals surface area contributed by atoms with Crippen LogP contribution in [0.15, 0.2) is 41.3 Å². The number of sulfonamides is 1. The molecule has 0 saturated heterocycles. The number of fused-ring (bicyclic) bond motifs is 1. The third-order valence-electron chi connectivity index (χ3n) is 5.56. The van der Waals surface area contributed by atoms with E-state index >= 15 is 0 Å². The fourth-order valence-corrected chi connectivity index (χ4v) is 5.00. The van der Waals surface area contributed by atoms with Crippen molar-refractivity contribution in [3.05, 3.63) is 52.5 Å². The Kier molecular flexibility index (Phi) is 6.05. The van der Waals surface area contributed by atoms with Crippen LogP contribution in [0.1, 0.15) is 30.4 Å². The zero-order chi connectivity index (χ0) is 22.2. The van der Waals surface area contributed by atoms with Crippen molar-refractivity contribution in [1.82, 2.24) is 4.72 Å². The molecule has 2 N–H and O–H groups in total.